The summed E-state index contributed by atoms with van der Waals surface area (Å²) in [6.45, 7) is 0. The van der Waals surface area contributed by atoms with Crippen LogP contribution >= 0.6 is 23.2 Å². The Kier molecular flexibility index (Phi) is 4.32. The lowest BCUT2D eigenvalue weighted by Gasteiger charge is -2.21. The fraction of sp³-hybridized carbons (Fsp3) is 0.0769. The number of nitrogens with two attached hydrogens (primary N) is 1. The van der Waals surface area contributed by atoms with Gasteiger partial charge in [0.05, 0.1) is 16.4 Å². The van der Waals surface area contributed by atoms with Crippen molar-refractivity contribution in [2.75, 3.05) is 17.1 Å². The summed E-state index contributed by atoms with van der Waals surface area (Å²) in [7, 11) is -2.89. The van der Waals surface area contributed by atoms with Crippen molar-refractivity contribution >= 4 is 44.6 Å². The van der Waals surface area contributed by atoms with Gasteiger partial charge in [0.25, 0.3) is 10.0 Å². The first-order valence-electron chi connectivity index (χ1n) is 5.73. The molecule has 0 radical (unpaired) electrons. The number of sulfonamides is 1. The number of rotatable bonds is 3. The van der Waals surface area contributed by atoms with Crippen molar-refractivity contribution in [1.29, 1.82) is 0 Å². The molecule has 0 heterocycles. The zero-order valence-corrected chi connectivity index (χ0v) is 13.2. The molecule has 0 fully saturated rings. The highest BCUT2D eigenvalue weighted by atomic mass is 35.5. The highest BCUT2D eigenvalue weighted by Crippen LogP contribution is 2.34. The van der Waals surface area contributed by atoms with Crippen molar-refractivity contribution in [3.63, 3.8) is 0 Å². The Morgan fingerprint density at radius 3 is 2.38 bits per heavy atom. The SMILES string of the molecule is CN(c1ccccc1F)S(=O)(=O)c1c(N)cc(Cl)cc1Cl. The number of para-hydroxylation sites is 1. The highest BCUT2D eigenvalue weighted by molar-refractivity contribution is 7.93. The van der Waals surface area contributed by atoms with Gasteiger partial charge in [-0.2, -0.15) is 0 Å². The quantitative estimate of drug-likeness (QED) is 0.862. The predicted octanol–water partition coefficient (Wildman–Crippen LogP) is 3.54. The topological polar surface area (TPSA) is 63.4 Å². The second-order valence-electron chi connectivity index (χ2n) is 4.23. The summed E-state index contributed by atoms with van der Waals surface area (Å²) in [6, 6.07) is 8.03. The van der Waals surface area contributed by atoms with Gasteiger partial charge in [-0.05, 0) is 24.3 Å². The van der Waals surface area contributed by atoms with Crippen molar-refractivity contribution in [1.82, 2.24) is 0 Å². The first-order valence-corrected chi connectivity index (χ1v) is 7.92. The molecule has 0 aromatic heterocycles. The maximum Gasteiger partial charge on any atom is 0.267 e. The van der Waals surface area contributed by atoms with Gasteiger partial charge in [-0.1, -0.05) is 35.3 Å². The molecular weight excluding hydrogens is 338 g/mol. The fourth-order valence-corrected chi connectivity index (χ4v) is 3.97. The van der Waals surface area contributed by atoms with E-state index >= 15 is 0 Å². The van der Waals surface area contributed by atoms with Gasteiger partial charge < -0.3 is 5.73 Å². The minimum Gasteiger partial charge on any atom is -0.398 e. The van der Waals surface area contributed by atoms with E-state index in [2.05, 4.69) is 0 Å². The first-order chi connectivity index (χ1) is 9.75. The summed E-state index contributed by atoms with van der Waals surface area (Å²) in [6.07, 6.45) is 0. The molecule has 0 amide bonds. The molecule has 8 heteroatoms. The largest absolute Gasteiger partial charge is 0.398 e. The molecule has 0 aliphatic heterocycles. The van der Waals surface area contributed by atoms with Crippen molar-refractivity contribution in [2.24, 2.45) is 0 Å². The van der Waals surface area contributed by atoms with E-state index in [0.29, 0.717) is 0 Å². The van der Waals surface area contributed by atoms with Crippen LogP contribution < -0.4 is 10.0 Å². The van der Waals surface area contributed by atoms with E-state index in [1.54, 1.807) is 0 Å². The average molecular weight is 349 g/mol. The monoisotopic (exact) mass is 348 g/mol. The van der Waals surface area contributed by atoms with Gasteiger partial charge in [0.2, 0.25) is 0 Å². The van der Waals surface area contributed by atoms with Crippen LogP contribution in [0.15, 0.2) is 41.3 Å². The molecule has 21 heavy (non-hydrogen) atoms. The lowest BCUT2D eigenvalue weighted by molar-refractivity contribution is 0.590. The summed E-state index contributed by atoms with van der Waals surface area (Å²) in [4.78, 5) is -0.306. The van der Waals surface area contributed by atoms with Gasteiger partial charge in [0, 0.05) is 12.1 Å². The lowest BCUT2D eigenvalue weighted by Crippen LogP contribution is -2.28. The Bertz CT molecular complexity index is 774. The molecule has 0 saturated heterocycles. The Balaban J connectivity index is 2.61. The first kappa shape index (κ1) is 15.9. The minimum absolute atomic E-state index is 0.101. The van der Waals surface area contributed by atoms with Crippen molar-refractivity contribution in [3.8, 4) is 0 Å². The smallest absolute Gasteiger partial charge is 0.267 e. The number of halogens is 3. The molecule has 2 N–H and O–H groups in total. The molecule has 0 atom stereocenters. The van der Waals surface area contributed by atoms with Crippen molar-refractivity contribution < 1.29 is 12.8 Å². The normalized spacial score (nSPS) is 11.4. The standard InChI is InChI=1S/C13H11Cl2FN2O2S/c1-18(12-5-3-2-4-10(12)16)21(19,20)13-9(15)6-8(14)7-11(13)17/h2-7H,17H2,1H3. The van der Waals surface area contributed by atoms with Gasteiger partial charge in [-0.3, -0.25) is 4.31 Å². The van der Waals surface area contributed by atoms with Crippen LogP contribution in [-0.2, 0) is 10.0 Å². The van der Waals surface area contributed by atoms with Gasteiger partial charge in [-0.15, -0.1) is 0 Å². The predicted molar refractivity (Wildman–Crippen MR) is 82.9 cm³/mol. The molecule has 2 rings (SSSR count). The number of nitrogen functional groups attached to an aromatic ring is 1. The van der Waals surface area contributed by atoms with Gasteiger partial charge in [0.15, 0.2) is 0 Å². The molecule has 0 aliphatic rings. The Morgan fingerprint density at radius 2 is 1.81 bits per heavy atom. The molecule has 112 valence electrons. The van der Waals surface area contributed by atoms with E-state index < -0.39 is 15.8 Å². The molecule has 0 unspecified atom stereocenters. The third-order valence-corrected chi connectivity index (χ3v) is 5.36. The summed E-state index contributed by atoms with van der Waals surface area (Å²) in [5.41, 5.74) is 5.48. The summed E-state index contributed by atoms with van der Waals surface area (Å²) in [5.74, 6) is -0.674. The van der Waals surface area contributed by atoms with Crippen LogP contribution in [0.5, 0.6) is 0 Å². The number of nitrogens with zero attached hydrogens (tertiary/aromatic N) is 1. The van der Waals surface area contributed by atoms with Crippen LogP contribution in [0, 0.1) is 5.82 Å². The number of hydrogen-bond acceptors (Lipinski definition) is 3. The second-order valence-corrected chi connectivity index (χ2v) is 6.98. The van der Waals surface area contributed by atoms with Gasteiger partial charge in [-0.25, -0.2) is 12.8 Å². The molecule has 0 bridgehead atoms. The van der Waals surface area contributed by atoms with E-state index in [1.165, 1.54) is 37.4 Å². The maximum atomic E-state index is 13.8. The van der Waals surface area contributed by atoms with E-state index in [1.807, 2.05) is 0 Å². The van der Waals surface area contributed by atoms with E-state index in [0.717, 1.165) is 10.4 Å². The lowest BCUT2D eigenvalue weighted by atomic mass is 10.3. The molecule has 0 saturated carbocycles. The van der Waals surface area contributed by atoms with Crippen LogP contribution in [0.4, 0.5) is 15.8 Å². The zero-order chi connectivity index (χ0) is 15.8. The second kappa shape index (κ2) is 5.71. The number of benzene rings is 2. The Hall–Kier alpha value is -1.50. The molecule has 4 nitrogen and oxygen atoms in total. The summed E-state index contributed by atoms with van der Waals surface area (Å²) >= 11 is 11.7. The minimum atomic E-state index is -4.11. The summed E-state index contributed by atoms with van der Waals surface area (Å²) < 4.78 is 39.7. The summed E-state index contributed by atoms with van der Waals surface area (Å²) in [5, 5.41) is 0.0909. The van der Waals surface area contributed by atoms with E-state index in [9.17, 15) is 12.8 Å². The Labute approximate surface area is 131 Å². The maximum absolute atomic E-state index is 13.8. The molecule has 0 aliphatic carbocycles. The Morgan fingerprint density at radius 1 is 1.19 bits per heavy atom. The van der Waals surface area contributed by atoms with Crippen LogP contribution in [0.2, 0.25) is 10.0 Å². The number of hydrogen-bond donors (Lipinski definition) is 1. The van der Waals surface area contributed by atoms with E-state index in [-0.39, 0.29) is 26.3 Å². The van der Waals surface area contributed by atoms with Crippen LogP contribution in [0.3, 0.4) is 0 Å². The number of anilines is 2. The molecule has 0 spiro atoms. The molecule has 2 aromatic rings. The van der Waals surface area contributed by atoms with Gasteiger partial charge >= 0.3 is 0 Å². The van der Waals surface area contributed by atoms with Gasteiger partial charge in [0.1, 0.15) is 10.7 Å². The molecule has 2 aromatic carbocycles. The van der Waals surface area contributed by atoms with E-state index in [4.69, 9.17) is 28.9 Å². The van der Waals surface area contributed by atoms with Crippen molar-refractivity contribution in [2.45, 2.75) is 4.90 Å². The van der Waals surface area contributed by atoms with Crippen LogP contribution in [-0.4, -0.2) is 15.5 Å². The molecular formula is C13H11Cl2FN2O2S. The highest BCUT2D eigenvalue weighted by Gasteiger charge is 2.28. The van der Waals surface area contributed by atoms with Crippen LogP contribution in [0.1, 0.15) is 0 Å². The fourth-order valence-electron chi connectivity index (χ4n) is 1.83. The van der Waals surface area contributed by atoms with Crippen LogP contribution in [0.25, 0.3) is 0 Å². The third-order valence-electron chi connectivity index (χ3n) is 2.85. The van der Waals surface area contributed by atoms with Crippen molar-refractivity contribution in [3.05, 3.63) is 52.3 Å². The third kappa shape index (κ3) is 2.92. The zero-order valence-electron chi connectivity index (χ0n) is 10.8. The average Bonchev–Trinajstić information content (AvgIpc) is 2.36.